The van der Waals surface area contributed by atoms with Crippen molar-refractivity contribution < 1.29 is 23.5 Å². The maximum absolute atomic E-state index is 13.4. The van der Waals surface area contributed by atoms with Gasteiger partial charge in [0.1, 0.15) is 11.6 Å². The molecule has 2 heterocycles. The van der Waals surface area contributed by atoms with Crippen molar-refractivity contribution in [3.8, 4) is 5.75 Å². The van der Waals surface area contributed by atoms with Crippen LogP contribution in [0, 0.1) is 5.82 Å². The van der Waals surface area contributed by atoms with Crippen LogP contribution in [0.4, 0.5) is 4.39 Å². The van der Waals surface area contributed by atoms with E-state index in [-0.39, 0.29) is 24.3 Å². The van der Waals surface area contributed by atoms with Crippen LogP contribution in [0.1, 0.15) is 28.8 Å². The molecule has 0 aliphatic carbocycles. The average molecular weight is 439 g/mol. The first-order valence-corrected chi connectivity index (χ1v) is 10.7. The summed E-state index contributed by atoms with van der Waals surface area (Å²) in [7, 11) is 1.56. The van der Waals surface area contributed by atoms with Gasteiger partial charge in [-0.05, 0) is 48.7 Å². The lowest BCUT2D eigenvalue weighted by atomic mass is 10.0. The number of likely N-dealkylation sites (tertiary alicyclic amines) is 1. The minimum Gasteiger partial charge on any atom is -0.497 e. The summed E-state index contributed by atoms with van der Waals surface area (Å²) in [5.41, 5.74) is 1.23. The Morgan fingerprint density at radius 1 is 1.00 bits per heavy atom. The van der Waals surface area contributed by atoms with Crippen molar-refractivity contribution in [3.05, 3.63) is 65.5 Å². The molecule has 0 N–H and O–H groups in total. The number of hydrogen-bond acceptors (Lipinski definition) is 4. The lowest BCUT2D eigenvalue weighted by Crippen LogP contribution is -2.59. The number of carbonyl (C=O) groups excluding carboxylic acids is 3. The zero-order chi connectivity index (χ0) is 22.7. The van der Waals surface area contributed by atoms with Gasteiger partial charge in [0.2, 0.25) is 0 Å². The molecule has 3 amide bonds. The second-order valence-electron chi connectivity index (χ2n) is 8.11. The Bertz CT molecular complexity index is 1020. The van der Waals surface area contributed by atoms with E-state index >= 15 is 0 Å². The van der Waals surface area contributed by atoms with Crippen molar-refractivity contribution in [2.75, 3.05) is 33.3 Å². The summed E-state index contributed by atoms with van der Waals surface area (Å²) < 4.78 is 18.6. The zero-order valence-electron chi connectivity index (χ0n) is 18.0. The summed E-state index contributed by atoms with van der Waals surface area (Å²) >= 11 is 0. The molecule has 32 heavy (non-hydrogen) atoms. The Morgan fingerprint density at radius 2 is 1.75 bits per heavy atom. The summed E-state index contributed by atoms with van der Waals surface area (Å²) in [6.07, 6.45) is 1.25. The number of amides is 3. The molecule has 2 aliphatic rings. The van der Waals surface area contributed by atoms with E-state index in [0.29, 0.717) is 55.9 Å². The van der Waals surface area contributed by atoms with Crippen molar-refractivity contribution in [2.45, 2.75) is 25.4 Å². The molecule has 2 aromatic carbocycles. The fourth-order valence-electron chi connectivity index (χ4n) is 4.36. The number of nitrogens with zero attached hydrogens (tertiary/aromatic N) is 3. The number of hydrogen-bond donors (Lipinski definition) is 0. The number of rotatable bonds is 5. The van der Waals surface area contributed by atoms with Gasteiger partial charge >= 0.3 is 11.8 Å². The summed E-state index contributed by atoms with van der Waals surface area (Å²) in [4.78, 5) is 43.1. The Kier molecular flexibility index (Phi) is 6.39. The van der Waals surface area contributed by atoms with E-state index in [1.165, 1.54) is 17.0 Å². The molecular formula is C24H26FN3O4. The first-order valence-electron chi connectivity index (χ1n) is 10.7. The lowest BCUT2D eigenvalue weighted by molar-refractivity contribution is -0.158. The van der Waals surface area contributed by atoms with Gasteiger partial charge in [-0.1, -0.05) is 18.2 Å². The molecule has 2 saturated heterocycles. The van der Waals surface area contributed by atoms with Crippen LogP contribution in [0.3, 0.4) is 0 Å². The second-order valence-corrected chi connectivity index (χ2v) is 8.11. The van der Waals surface area contributed by atoms with Gasteiger partial charge in [0.15, 0.2) is 0 Å². The van der Waals surface area contributed by atoms with Gasteiger partial charge in [-0.2, -0.15) is 0 Å². The molecule has 0 bridgehead atoms. The molecule has 2 aliphatic heterocycles. The molecule has 7 nitrogen and oxygen atoms in total. The molecule has 2 fully saturated rings. The Morgan fingerprint density at radius 3 is 2.47 bits per heavy atom. The van der Waals surface area contributed by atoms with Crippen LogP contribution < -0.4 is 4.74 Å². The van der Waals surface area contributed by atoms with Crippen molar-refractivity contribution in [1.29, 1.82) is 0 Å². The number of piperazine rings is 1. The third-order valence-electron chi connectivity index (χ3n) is 6.11. The highest BCUT2D eigenvalue weighted by molar-refractivity contribution is 6.35. The highest BCUT2D eigenvalue weighted by atomic mass is 19.1. The van der Waals surface area contributed by atoms with E-state index < -0.39 is 11.8 Å². The smallest absolute Gasteiger partial charge is 0.312 e. The summed E-state index contributed by atoms with van der Waals surface area (Å²) in [5, 5.41) is 0. The van der Waals surface area contributed by atoms with E-state index in [9.17, 15) is 18.8 Å². The van der Waals surface area contributed by atoms with Gasteiger partial charge in [0.25, 0.3) is 5.91 Å². The molecule has 0 radical (unpaired) electrons. The molecule has 2 aromatic rings. The average Bonchev–Trinajstić information content (AvgIpc) is 2.82. The van der Waals surface area contributed by atoms with E-state index in [0.717, 1.165) is 0 Å². The lowest BCUT2D eigenvalue weighted by Gasteiger charge is -2.42. The minimum absolute atomic E-state index is 0.0651. The summed E-state index contributed by atoms with van der Waals surface area (Å²) in [5.74, 6) is -0.883. The molecule has 8 heteroatoms. The van der Waals surface area contributed by atoms with Crippen LogP contribution in [-0.2, 0) is 16.1 Å². The van der Waals surface area contributed by atoms with Gasteiger partial charge in [0, 0.05) is 44.3 Å². The van der Waals surface area contributed by atoms with Crippen LogP contribution >= 0.6 is 0 Å². The monoisotopic (exact) mass is 439 g/mol. The van der Waals surface area contributed by atoms with E-state index in [2.05, 4.69) is 0 Å². The predicted octanol–water partition coefficient (Wildman–Crippen LogP) is 2.31. The number of halogens is 1. The highest BCUT2D eigenvalue weighted by Crippen LogP contribution is 2.23. The molecule has 0 aromatic heterocycles. The number of benzene rings is 2. The highest BCUT2D eigenvalue weighted by Gasteiger charge is 2.38. The third-order valence-corrected chi connectivity index (χ3v) is 6.11. The number of carbonyl (C=O) groups is 3. The standard InChI is InChI=1S/C24H26FN3O4/c1-32-21-7-3-5-18(15-21)22(29)26-10-8-20(9-11-26)28-13-12-27(23(30)24(28)31)16-17-4-2-6-19(25)14-17/h2-7,14-15,20H,8-13,16H2,1H3. The fraction of sp³-hybridized carbons (Fsp3) is 0.375. The van der Waals surface area contributed by atoms with Gasteiger partial charge < -0.3 is 19.4 Å². The molecule has 4 rings (SSSR count). The zero-order valence-corrected chi connectivity index (χ0v) is 18.0. The Hall–Kier alpha value is -3.42. The van der Waals surface area contributed by atoms with Crippen LogP contribution in [0.5, 0.6) is 5.75 Å². The number of piperidine rings is 1. The molecule has 0 atom stereocenters. The molecular weight excluding hydrogens is 413 g/mol. The maximum atomic E-state index is 13.4. The quantitative estimate of drug-likeness (QED) is 0.671. The van der Waals surface area contributed by atoms with E-state index in [4.69, 9.17) is 4.74 Å². The van der Waals surface area contributed by atoms with Gasteiger partial charge in [-0.25, -0.2) is 4.39 Å². The summed E-state index contributed by atoms with van der Waals surface area (Å²) in [6.45, 7) is 2.10. The Labute approximate surface area is 186 Å². The van der Waals surface area contributed by atoms with Gasteiger partial charge in [-0.3, -0.25) is 14.4 Å². The fourth-order valence-corrected chi connectivity index (χ4v) is 4.36. The normalized spacial score (nSPS) is 17.6. The van der Waals surface area contributed by atoms with Crippen LogP contribution in [0.15, 0.2) is 48.5 Å². The van der Waals surface area contributed by atoms with Crippen molar-refractivity contribution in [3.63, 3.8) is 0 Å². The van der Waals surface area contributed by atoms with Crippen molar-refractivity contribution in [2.24, 2.45) is 0 Å². The van der Waals surface area contributed by atoms with E-state index in [1.54, 1.807) is 53.3 Å². The van der Waals surface area contributed by atoms with E-state index in [1.807, 2.05) is 0 Å². The van der Waals surface area contributed by atoms with Gasteiger partial charge in [-0.15, -0.1) is 0 Å². The van der Waals surface area contributed by atoms with Crippen molar-refractivity contribution in [1.82, 2.24) is 14.7 Å². The van der Waals surface area contributed by atoms with Crippen molar-refractivity contribution >= 4 is 17.7 Å². The number of ether oxygens (including phenoxy) is 1. The van der Waals surface area contributed by atoms with Crippen LogP contribution in [0.2, 0.25) is 0 Å². The Balaban J connectivity index is 1.33. The molecule has 0 spiro atoms. The maximum Gasteiger partial charge on any atom is 0.312 e. The predicted molar refractivity (Wildman–Crippen MR) is 115 cm³/mol. The summed E-state index contributed by atoms with van der Waals surface area (Å²) in [6, 6.07) is 13.0. The number of methoxy groups -OCH3 is 1. The molecule has 168 valence electrons. The molecule has 0 unspecified atom stereocenters. The molecule has 0 saturated carbocycles. The third kappa shape index (κ3) is 4.59. The minimum atomic E-state index is -0.560. The first kappa shape index (κ1) is 21.8. The SMILES string of the molecule is COc1cccc(C(=O)N2CCC(N3CCN(Cc4cccc(F)c4)C(=O)C3=O)CC2)c1. The first-order chi connectivity index (χ1) is 15.5. The largest absolute Gasteiger partial charge is 0.497 e. The second kappa shape index (κ2) is 9.38. The van der Waals surface area contributed by atoms with Crippen LogP contribution in [-0.4, -0.2) is 71.8 Å². The van der Waals surface area contributed by atoms with Gasteiger partial charge in [0.05, 0.1) is 7.11 Å². The van der Waals surface area contributed by atoms with Crippen LogP contribution in [0.25, 0.3) is 0 Å². The topological polar surface area (TPSA) is 70.2 Å².